The van der Waals surface area contributed by atoms with Crippen LogP contribution in [-0.2, 0) is 43.2 Å². The predicted molar refractivity (Wildman–Crippen MR) is 245 cm³/mol. The number of aromatic nitrogens is 3. The largest absolute Gasteiger partial charge is 0.464 e. The van der Waals surface area contributed by atoms with Crippen molar-refractivity contribution in [3.05, 3.63) is 58.2 Å². The van der Waals surface area contributed by atoms with Crippen molar-refractivity contribution >= 4 is 46.1 Å². The number of methoxy groups -OCH3 is 1. The van der Waals surface area contributed by atoms with Gasteiger partial charge in [0.2, 0.25) is 5.91 Å². The first-order valence-electron chi connectivity index (χ1n) is 22.5. The number of hydrogen-bond acceptors (Lipinski definition) is 11. The molecule has 3 aliphatic rings. The summed E-state index contributed by atoms with van der Waals surface area (Å²) >= 11 is 1.40. The number of benzene rings is 1. The third-order valence-corrected chi connectivity index (χ3v) is 13.8. The highest BCUT2D eigenvalue weighted by molar-refractivity contribution is 7.10. The van der Waals surface area contributed by atoms with E-state index >= 15 is 0 Å². The first-order valence-corrected chi connectivity index (χ1v) is 23.4. The zero-order chi connectivity index (χ0) is 46.0. The van der Waals surface area contributed by atoms with Gasteiger partial charge in [0.05, 0.1) is 40.8 Å². The van der Waals surface area contributed by atoms with Crippen LogP contribution in [0.4, 0.5) is 9.18 Å². The first-order chi connectivity index (χ1) is 30.5. The number of halogens is 1. The highest BCUT2D eigenvalue weighted by Gasteiger charge is 2.40. The Bertz CT molecular complexity index is 2350. The van der Waals surface area contributed by atoms with Gasteiger partial charge in [-0.25, -0.2) is 19.6 Å². The fraction of sp³-hybridized carbons (Fsp3) is 0.574. The molecule has 4 amide bonds. The maximum Gasteiger partial charge on any atom is 0.324 e. The summed E-state index contributed by atoms with van der Waals surface area (Å²) in [4.78, 5) is 69.5. The molecular formula is C47H64FN9O6S. The van der Waals surface area contributed by atoms with E-state index in [2.05, 4.69) is 65.7 Å². The number of cyclic esters (lactones) is 1. The summed E-state index contributed by atoms with van der Waals surface area (Å²) in [7, 11) is 4.92. The zero-order valence-corrected chi connectivity index (χ0v) is 39.4. The van der Waals surface area contributed by atoms with E-state index in [4.69, 9.17) is 19.4 Å². The summed E-state index contributed by atoms with van der Waals surface area (Å²) in [6.07, 6.45) is 2.28. The fourth-order valence-electron chi connectivity index (χ4n) is 9.46. The van der Waals surface area contributed by atoms with E-state index in [-0.39, 0.29) is 44.6 Å². The van der Waals surface area contributed by atoms with Crippen LogP contribution < -0.4 is 16.1 Å². The van der Waals surface area contributed by atoms with Crippen LogP contribution in [0.25, 0.3) is 33.4 Å². The molecule has 1 aromatic carbocycles. The van der Waals surface area contributed by atoms with E-state index < -0.39 is 59.6 Å². The maximum atomic E-state index is 14.6. The number of urea groups is 1. The van der Waals surface area contributed by atoms with Gasteiger partial charge in [0.1, 0.15) is 24.3 Å². The molecule has 0 spiro atoms. The Morgan fingerprint density at radius 1 is 1.16 bits per heavy atom. The summed E-state index contributed by atoms with van der Waals surface area (Å²) in [6.45, 7) is 13.5. The van der Waals surface area contributed by atoms with E-state index in [1.54, 1.807) is 32.3 Å². The number of rotatable bonds is 9. The number of amides is 4. The van der Waals surface area contributed by atoms with Crippen molar-refractivity contribution in [3.8, 4) is 22.5 Å². The summed E-state index contributed by atoms with van der Waals surface area (Å²) in [5, 5.41) is 11.0. The van der Waals surface area contributed by atoms with Crippen molar-refractivity contribution < 1.29 is 33.0 Å². The van der Waals surface area contributed by atoms with E-state index in [1.807, 2.05) is 32.2 Å². The van der Waals surface area contributed by atoms with Crippen LogP contribution in [0.1, 0.15) is 83.2 Å². The molecule has 6 bridgehead atoms. The number of likely N-dealkylation sites (N-methyl/N-ethyl adjacent to an activating group) is 2. The Morgan fingerprint density at radius 2 is 1.94 bits per heavy atom. The molecule has 0 aliphatic carbocycles. The Balaban J connectivity index is 1.27. The molecule has 3 N–H and O–H groups in total. The number of likely N-dealkylation sites (tertiary alicyclic amines) is 1. The third kappa shape index (κ3) is 9.68. The number of hydrazine groups is 1. The molecule has 6 heterocycles. The van der Waals surface area contributed by atoms with Crippen LogP contribution in [0, 0.1) is 11.3 Å². The molecule has 346 valence electrons. The Morgan fingerprint density at radius 3 is 2.66 bits per heavy atom. The second-order valence-electron chi connectivity index (χ2n) is 18.5. The molecular weight excluding hydrogens is 838 g/mol. The number of carbonyl (C=O) groups is 4. The van der Waals surface area contributed by atoms with Crippen LogP contribution in [-0.4, -0.2) is 131 Å². The normalized spacial score (nSPS) is 22.8. The minimum Gasteiger partial charge on any atom is -0.464 e. The predicted octanol–water partition coefficient (Wildman–Crippen LogP) is 5.91. The molecule has 4 aromatic rings. The van der Waals surface area contributed by atoms with Crippen LogP contribution in [0.5, 0.6) is 0 Å². The number of alkyl halides is 1. The number of thiazole rings is 1. The molecule has 7 rings (SSSR count). The molecule has 3 aromatic heterocycles. The van der Waals surface area contributed by atoms with Crippen LogP contribution in [0.3, 0.4) is 0 Å². The van der Waals surface area contributed by atoms with Crippen LogP contribution in [0.15, 0.2) is 41.9 Å². The Hall–Kier alpha value is -4.97. The standard InChI is InChI=1S/C47H64FN9O6S/c1-10-56-38-16-15-29-21-31(38)32(42(56)30-13-11-18-50-40(30)28(4)62-9)23-47(5,6)26-63-45(60)34-14-12-19-57(53-34)44(59)35(22-39-51-37(29)25-64-39)52-43(58)41(27(2)3)54(8)46(61)55-20-17-33(48)36(24-55)49-7/h11,13,15-16,18,21,25,27-28,33-36,41,49,53H,10,12,14,17,19-20,22-24,26H2,1-9H3,(H,52,58)/t28-,33+,34-,35-,36+,41?/m0/s1. The molecule has 64 heavy (non-hydrogen) atoms. The first kappa shape index (κ1) is 47.0. The smallest absolute Gasteiger partial charge is 0.324 e. The van der Waals surface area contributed by atoms with Crippen molar-refractivity contribution in [2.45, 2.75) is 117 Å². The monoisotopic (exact) mass is 901 g/mol. The molecule has 2 saturated heterocycles. The minimum absolute atomic E-state index is 0.0678. The van der Waals surface area contributed by atoms with Gasteiger partial charge < -0.3 is 34.5 Å². The van der Waals surface area contributed by atoms with Crippen molar-refractivity contribution in [2.24, 2.45) is 11.3 Å². The topological polar surface area (TPSA) is 163 Å². The van der Waals surface area contributed by atoms with E-state index in [9.17, 15) is 23.6 Å². The number of pyridine rings is 1. The average Bonchev–Trinajstić information content (AvgIpc) is 3.88. The number of hydrogen-bond donors (Lipinski definition) is 3. The highest BCUT2D eigenvalue weighted by atomic mass is 32.1. The van der Waals surface area contributed by atoms with Gasteiger partial charge in [-0.05, 0) is 82.3 Å². The SMILES string of the molecule is CCn1c(-c2cccnc2[C@H](C)OC)c2c3cc(ccc31)-c1csc(n1)C[C@H](NC(=O)C(C(C)C)N(C)C(=O)N1CC[C@@H](F)[C@H](NC)C1)C(=O)N1CCC[C@H](N1)C(=O)OCC(C)(C)C2. The summed E-state index contributed by atoms with van der Waals surface area (Å²) in [5.74, 6) is -1.73. The van der Waals surface area contributed by atoms with Crippen molar-refractivity contribution in [1.29, 1.82) is 0 Å². The van der Waals surface area contributed by atoms with Gasteiger partial charge in [0.25, 0.3) is 5.91 Å². The number of nitrogens with one attached hydrogen (secondary N) is 3. The number of fused-ring (bicyclic) bond motifs is 6. The number of carbonyl (C=O) groups excluding carboxylic acids is 4. The molecule has 15 nitrogen and oxygen atoms in total. The van der Waals surface area contributed by atoms with Gasteiger partial charge in [-0.3, -0.25) is 24.4 Å². The maximum absolute atomic E-state index is 14.6. The fourth-order valence-corrected chi connectivity index (χ4v) is 10.3. The molecule has 3 aliphatic heterocycles. The molecule has 0 radical (unpaired) electrons. The van der Waals surface area contributed by atoms with Gasteiger partial charge in [-0.1, -0.05) is 33.8 Å². The second kappa shape index (κ2) is 19.6. The molecule has 1 unspecified atom stereocenters. The quantitative estimate of drug-likeness (QED) is 0.172. The molecule has 6 atom stereocenters. The van der Waals surface area contributed by atoms with Gasteiger partial charge in [0.15, 0.2) is 0 Å². The Labute approximate surface area is 379 Å². The number of ether oxygens (including phenoxy) is 2. The van der Waals surface area contributed by atoms with E-state index in [0.717, 1.165) is 44.7 Å². The third-order valence-electron chi connectivity index (χ3n) is 12.9. The summed E-state index contributed by atoms with van der Waals surface area (Å²) in [5.41, 5.74) is 9.23. The summed E-state index contributed by atoms with van der Waals surface area (Å²) in [6, 6.07) is 6.65. The molecule has 2 fully saturated rings. The van der Waals surface area contributed by atoms with Crippen LogP contribution >= 0.6 is 11.3 Å². The van der Waals surface area contributed by atoms with E-state index in [0.29, 0.717) is 37.4 Å². The lowest BCUT2D eigenvalue weighted by molar-refractivity contribution is -0.155. The average molecular weight is 902 g/mol. The lowest BCUT2D eigenvalue weighted by atomic mass is 9.84. The van der Waals surface area contributed by atoms with E-state index in [1.165, 1.54) is 21.2 Å². The number of nitrogens with zero attached hydrogens (tertiary/aromatic N) is 6. The van der Waals surface area contributed by atoms with Gasteiger partial charge in [0, 0.05) is 85.8 Å². The van der Waals surface area contributed by atoms with Crippen molar-refractivity contribution in [1.82, 2.24) is 45.4 Å². The van der Waals surface area contributed by atoms with Gasteiger partial charge in [-0.2, -0.15) is 0 Å². The van der Waals surface area contributed by atoms with Crippen molar-refractivity contribution in [3.63, 3.8) is 0 Å². The summed E-state index contributed by atoms with van der Waals surface area (Å²) < 4.78 is 28.8. The molecule has 17 heteroatoms. The van der Waals surface area contributed by atoms with Crippen LogP contribution in [0.2, 0.25) is 0 Å². The Kier molecular flexibility index (Phi) is 14.4. The lowest BCUT2D eigenvalue weighted by Gasteiger charge is -2.40. The number of piperidine rings is 1. The number of aryl methyl sites for hydroxylation is 1. The highest BCUT2D eigenvalue weighted by Crippen LogP contribution is 2.42. The van der Waals surface area contributed by atoms with Gasteiger partial charge >= 0.3 is 12.0 Å². The lowest BCUT2D eigenvalue weighted by Crippen LogP contribution is -2.63. The second-order valence-corrected chi connectivity index (χ2v) is 19.4. The zero-order valence-electron chi connectivity index (χ0n) is 38.6. The molecule has 0 saturated carbocycles. The van der Waals surface area contributed by atoms with Crippen molar-refractivity contribution in [2.75, 3.05) is 47.4 Å². The number of esters is 1. The minimum atomic E-state index is -1.09. The van der Waals surface area contributed by atoms with Gasteiger partial charge in [-0.15, -0.1) is 11.3 Å².